The molecule has 5 heteroatoms. The number of nitrogens with one attached hydrogen (secondary N) is 1. The molecule has 1 heterocycles. The van der Waals surface area contributed by atoms with Crippen molar-refractivity contribution in [1.29, 1.82) is 0 Å². The maximum Gasteiger partial charge on any atom is 0.244 e. The van der Waals surface area contributed by atoms with Crippen molar-refractivity contribution in [1.82, 2.24) is 10.2 Å². The lowest BCUT2D eigenvalue weighted by molar-refractivity contribution is -0.140. The Balaban J connectivity index is 2.01. The van der Waals surface area contributed by atoms with Gasteiger partial charge in [-0.05, 0) is 12.5 Å². The van der Waals surface area contributed by atoms with Gasteiger partial charge in [0.05, 0.1) is 11.9 Å². The molecule has 1 saturated heterocycles. The monoisotopic (exact) mass is 306 g/mol. The van der Waals surface area contributed by atoms with Gasteiger partial charge in [0.2, 0.25) is 11.8 Å². The van der Waals surface area contributed by atoms with Crippen LogP contribution in [0.15, 0.2) is 30.3 Å². The molecule has 1 aliphatic heterocycles. The van der Waals surface area contributed by atoms with Crippen LogP contribution in [0.1, 0.15) is 32.4 Å². The molecule has 21 heavy (non-hydrogen) atoms. The third-order valence-electron chi connectivity index (χ3n) is 3.62. The third-order valence-corrected chi connectivity index (χ3v) is 4.63. The number of carbonyl (C=O) groups is 2. The molecule has 2 amide bonds. The molecule has 0 aliphatic carbocycles. The van der Waals surface area contributed by atoms with Gasteiger partial charge in [0, 0.05) is 11.7 Å². The first-order valence-electron chi connectivity index (χ1n) is 7.24. The summed E-state index contributed by atoms with van der Waals surface area (Å²) in [4.78, 5) is 26.3. The maximum absolute atomic E-state index is 12.4. The second-order valence-electron chi connectivity index (χ2n) is 5.62. The van der Waals surface area contributed by atoms with Crippen LogP contribution in [0.25, 0.3) is 0 Å². The first kappa shape index (κ1) is 15.9. The molecular formula is C16H22N2O2S. The summed E-state index contributed by atoms with van der Waals surface area (Å²) in [7, 11) is 0. The molecule has 0 radical (unpaired) electrons. The average Bonchev–Trinajstić information content (AvgIpc) is 2.96. The standard InChI is InChI=1S/C16H22N2O2S/c1-11(2)16(20)18-10-21-9-14(18)15(19)17-12(3)13-7-5-4-6-8-13/h4-8,11-12,14H,9-10H2,1-3H3,(H,17,19). The van der Waals surface area contributed by atoms with Crippen LogP contribution in [-0.4, -0.2) is 34.4 Å². The van der Waals surface area contributed by atoms with Crippen molar-refractivity contribution in [2.45, 2.75) is 32.9 Å². The molecule has 2 unspecified atom stereocenters. The van der Waals surface area contributed by atoms with Gasteiger partial charge in [-0.1, -0.05) is 44.2 Å². The predicted octanol–water partition coefficient (Wildman–Crippen LogP) is 2.42. The number of hydrogen-bond acceptors (Lipinski definition) is 3. The Labute approximate surface area is 130 Å². The predicted molar refractivity (Wildman–Crippen MR) is 85.8 cm³/mol. The summed E-state index contributed by atoms with van der Waals surface area (Å²) < 4.78 is 0. The van der Waals surface area contributed by atoms with Gasteiger partial charge >= 0.3 is 0 Å². The molecule has 1 aliphatic rings. The minimum absolute atomic E-state index is 0.0486. The van der Waals surface area contributed by atoms with Crippen LogP contribution in [0.3, 0.4) is 0 Å². The molecule has 0 aromatic heterocycles. The summed E-state index contributed by atoms with van der Waals surface area (Å²) in [6, 6.07) is 9.44. The summed E-state index contributed by atoms with van der Waals surface area (Å²) in [6.45, 7) is 5.70. The number of amides is 2. The lowest BCUT2D eigenvalue weighted by Gasteiger charge is -2.26. The highest BCUT2D eigenvalue weighted by Crippen LogP contribution is 2.24. The molecule has 0 bridgehead atoms. The second-order valence-corrected chi connectivity index (χ2v) is 6.62. The molecule has 1 aromatic carbocycles. The molecule has 1 N–H and O–H groups in total. The highest BCUT2D eigenvalue weighted by atomic mass is 32.2. The lowest BCUT2D eigenvalue weighted by Crippen LogP contribution is -2.48. The first-order valence-corrected chi connectivity index (χ1v) is 8.39. The summed E-state index contributed by atoms with van der Waals surface area (Å²) in [5, 5.41) is 3.02. The Bertz CT molecular complexity index is 504. The Morgan fingerprint density at radius 2 is 1.90 bits per heavy atom. The molecule has 0 spiro atoms. The third kappa shape index (κ3) is 3.79. The van der Waals surface area contributed by atoms with Crippen LogP contribution < -0.4 is 5.32 Å². The fraction of sp³-hybridized carbons (Fsp3) is 0.500. The van der Waals surface area contributed by atoms with Crippen LogP contribution in [0, 0.1) is 5.92 Å². The topological polar surface area (TPSA) is 49.4 Å². The van der Waals surface area contributed by atoms with E-state index in [1.165, 1.54) is 0 Å². The van der Waals surface area contributed by atoms with E-state index in [1.807, 2.05) is 51.1 Å². The van der Waals surface area contributed by atoms with E-state index >= 15 is 0 Å². The zero-order chi connectivity index (χ0) is 15.4. The van der Waals surface area contributed by atoms with Crippen molar-refractivity contribution in [3.8, 4) is 0 Å². The van der Waals surface area contributed by atoms with Gasteiger partial charge in [-0.2, -0.15) is 0 Å². The summed E-state index contributed by atoms with van der Waals surface area (Å²) >= 11 is 1.63. The summed E-state index contributed by atoms with van der Waals surface area (Å²) in [5.41, 5.74) is 1.07. The van der Waals surface area contributed by atoms with Gasteiger partial charge in [-0.3, -0.25) is 9.59 Å². The molecular weight excluding hydrogens is 284 g/mol. The highest BCUT2D eigenvalue weighted by molar-refractivity contribution is 7.99. The van der Waals surface area contributed by atoms with E-state index in [1.54, 1.807) is 16.7 Å². The second kappa shape index (κ2) is 6.98. The van der Waals surface area contributed by atoms with Gasteiger partial charge < -0.3 is 10.2 Å². The summed E-state index contributed by atoms with van der Waals surface area (Å²) in [6.07, 6.45) is 0. The van der Waals surface area contributed by atoms with E-state index in [-0.39, 0.29) is 29.8 Å². The molecule has 114 valence electrons. The molecule has 0 saturated carbocycles. The highest BCUT2D eigenvalue weighted by Gasteiger charge is 2.35. The van der Waals surface area contributed by atoms with Crippen molar-refractivity contribution >= 4 is 23.6 Å². The number of rotatable bonds is 4. The van der Waals surface area contributed by atoms with E-state index in [9.17, 15) is 9.59 Å². The first-order chi connectivity index (χ1) is 10.0. The largest absolute Gasteiger partial charge is 0.348 e. The number of benzene rings is 1. The molecule has 1 fully saturated rings. The smallest absolute Gasteiger partial charge is 0.244 e. The van der Waals surface area contributed by atoms with Gasteiger partial charge in [-0.15, -0.1) is 11.8 Å². The van der Waals surface area contributed by atoms with Crippen molar-refractivity contribution < 1.29 is 9.59 Å². The van der Waals surface area contributed by atoms with Crippen LogP contribution in [0.4, 0.5) is 0 Å². The molecule has 1 aromatic rings. The number of thioether (sulfide) groups is 1. The lowest BCUT2D eigenvalue weighted by atomic mass is 10.1. The summed E-state index contributed by atoms with van der Waals surface area (Å²) in [5.74, 6) is 1.18. The molecule has 2 atom stereocenters. The van der Waals surface area contributed by atoms with Gasteiger partial charge in [0.25, 0.3) is 0 Å². The number of carbonyl (C=O) groups excluding carboxylic acids is 2. The fourth-order valence-electron chi connectivity index (χ4n) is 2.34. The SMILES string of the molecule is CC(C)C(=O)N1CSCC1C(=O)NC(C)c1ccccc1. The van der Waals surface area contributed by atoms with E-state index < -0.39 is 0 Å². The Hall–Kier alpha value is -1.49. The van der Waals surface area contributed by atoms with Crippen LogP contribution in [0.2, 0.25) is 0 Å². The fourth-order valence-corrected chi connectivity index (χ4v) is 3.51. The minimum Gasteiger partial charge on any atom is -0.348 e. The average molecular weight is 306 g/mol. The van der Waals surface area contributed by atoms with Crippen LogP contribution in [0.5, 0.6) is 0 Å². The zero-order valence-corrected chi connectivity index (χ0v) is 13.5. The van der Waals surface area contributed by atoms with Crippen LogP contribution in [-0.2, 0) is 9.59 Å². The van der Waals surface area contributed by atoms with Gasteiger partial charge in [-0.25, -0.2) is 0 Å². The number of nitrogens with zero attached hydrogens (tertiary/aromatic N) is 1. The van der Waals surface area contributed by atoms with Gasteiger partial charge in [0.1, 0.15) is 6.04 Å². The van der Waals surface area contributed by atoms with Crippen molar-refractivity contribution in [2.24, 2.45) is 5.92 Å². The number of hydrogen-bond donors (Lipinski definition) is 1. The molecule has 2 rings (SSSR count). The maximum atomic E-state index is 12.4. The molecule has 4 nitrogen and oxygen atoms in total. The van der Waals surface area contributed by atoms with E-state index in [4.69, 9.17) is 0 Å². The normalized spacial score (nSPS) is 19.6. The van der Waals surface area contributed by atoms with Crippen molar-refractivity contribution in [3.63, 3.8) is 0 Å². The zero-order valence-electron chi connectivity index (χ0n) is 12.7. The Morgan fingerprint density at radius 1 is 1.24 bits per heavy atom. The van der Waals surface area contributed by atoms with Gasteiger partial charge in [0.15, 0.2) is 0 Å². The van der Waals surface area contributed by atoms with E-state index in [0.717, 1.165) is 5.56 Å². The Kier molecular flexibility index (Phi) is 5.28. The van der Waals surface area contributed by atoms with E-state index in [0.29, 0.717) is 11.6 Å². The van der Waals surface area contributed by atoms with E-state index in [2.05, 4.69) is 5.32 Å². The minimum atomic E-state index is -0.351. The van der Waals surface area contributed by atoms with Crippen molar-refractivity contribution in [2.75, 3.05) is 11.6 Å². The van der Waals surface area contributed by atoms with Crippen molar-refractivity contribution in [3.05, 3.63) is 35.9 Å². The quantitative estimate of drug-likeness (QED) is 0.929. The Morgan fingerprint density at radius 3 is 2.52 bits per heavy atom. The van der Waals surface area contributed by atoms with Crippen LogP contribution >= 0.6 is 11.8 Å².